The molecule has 4 heterocycles. The summed E-state index contributed by atoms with van der Waals surface area (Å²) >= 11 is 0. The molecule has 2 aliphatic rings. The number of furan rings is 1. The number of carbonyl (C=O) groups is 3. The molecule has 1 spiro atoms. The summed E-state index contributed by atoms with van der Waals surface area (Å²) in [6, 6.07) is 13.5. The lowest BCUT2D eigenvalue weighted by molar-refractivity contribution is -0.131. The summed E-state index contributed by atoms with van der Waals surface area (Å²) in [4.78, 5) is 41.7. The molecule has 0 saturated carbocycles. The molecule has 8 heteroatoms. The molecule has 35 heavy (non-hydrogen) atoms. The highest BCUT2D eigenvalue weighted by molar-refractivity contribution is 5.98. The van der Waals surface area contributed by atoms with E-state index in [9.17, 15) is 14.4 Å². The Bertz CT molecular complexity index is 1270. The predicted octanol–water partition coefficient (Wildman–Crippen LogP) is 3.06. The third-order valence-electron chi connectivity index (χ3n) is 7.43. The van der Waals surface area contributed by atoms with Crippen LogP contribution in [0.2, 0.25) is 0 Å². The van der Waals surface area contributed by atoms with Crippen LogP contribution in [0, 0.1) is 5.41 Å². The van der Waals surface area contributed by atoms with Gasteiger partial charge in [0.2, 0.25) is 11.8 Å². The summed E-state index contributed by atoms with van der Waals surface area (Å²) < 4.78 is 7.12. The Kier molecular flexibility index (Phi) is 6.19. The van der Waals surface area contributed by atoms with Crippen LogP contribution < -0.4 is 5.32 Å². The van der Waals surface area contributed by atoms with Crippen LogP contribution in [0.5, 0.6) is 0 Å². The van der Waals surface area contributed by atoms with Crippen LogP contribution in [0.1, 0.15) is 35.5 Å². The summed E-state index contributed by atoms with van der Waals surface area (Å²) in [7, 11) is 1.94. The van der Waals surface area contributed by atoms with Crippen molar-refractivity contribution in [3.05, 3.63) is 66.3 Å². The molecular formula is C27H30N4O4. The average molecular weight is 475 g/mol. The number of rotatable bonds is 5. The number of likely N-dealkylation sites (tertiary alicyclic amines) is 2. The summed E-state index contributed by atoms with van der Waals surface area (Å²) in [5, 5.41) is 3.73. The van der Waals surface area contributed by atoms with Crippen molar-refractivity contribution in [3.8, 4) is 0 Å². The predicted molar refractivity (Wildman–Crippen MR) is 132 cm³/mol. The highest BCUT2D eigenvalue weighted by atomic mass is 16.3. The molecule has 5 rings (SSSR count). The van der Waals surface area contributed by atoms with Crippen molar-refractivity contribution >= 4 is 34.7 Å². The fourth-order valence-corrected chi connectivity index (χ4v) is 5.27. The molecule has 1 aromatic carbocycles. The molecule has 1 N–H and O–H groups in total. The lowest BCUT2D eigenvalue weighted by Gasteiger charge is -2.39. The van der Waals surface area contributed by atoms with Gasteiger partial charge in [0.15, 0.2) is 0 Å². The summed E-state index contributed by atoms with van der Waals surface area (Å²) in [5.41, 5.74) is 1.81. The molecule has 2 aromatic heterocycles. The molecule has 2 aliphatic heterocycles. The van der Waals surface area contributed by atoms with Gasteiger partial charge in [-0.15, -0.1) is 0 Å². The van der Waals surface area contributed by atoms with Gasteiger partial charge in [0.05, 0.1) is 12.8 Å². The van der Waals surface area contributed by atoms with E-state index in [1.807, 2.05) is 51.7 Å². The van der Waals surface area contributed by atoms with Gasteiger partial charge in [-0.05, 0) is 55.0 Å². The normalized spacial score (nSPS) is 17.5. The van der Waals surface area contributed by atoms with Gasteiger partial charge in [0.1, 0.15) is 11.5 Å². The van der Waals surface area contributed by atoms with Gasteiger partial charge in [-0.25, -0.2) is 0 Å². The van der Waals surface area contributed by atoms with Gasteiger partial charge in [-0.3, -0.25) is 14.4 Å². The second kappa shape index (κ2) is 9.44. The van der Waals surface area contributed by atoms with Gasteiger partial charge >= 0.3 is 0 Å². The number of hydrogen-bond donors (Lipinski definition) is 1. The van der Waals surface area contributed by atoms with Crippen molar-refractivity contribution in [3.63, 3.8) is 0 Å². The van der Waals surface area contributed by atoms with Crippen LogP contribution in [-0.4, -0.2) is 64.8 Å². The molecule has 0 aliphatic carbocycles. The van der Waals surface area contributed by atoms with Gasteiger partial charge < -0.3 is 24.1 Å². The first kappa shape index (κ1) is 23.0. The largest absolute Gasteiger partial charge is 0.465 e. The molecule has 3 amide bonds. The van der Waals surface area contributed by atoms with Crippen LogP contribution in [0.4, 0.5) is 0 Å². The summed E-state index contributed by atoms with van der Waals surface area (Å²) in [6.45, 7) is 2.73. The number of piperidine rings is 1. The molecule has 2 fully saturated rings. The quantitative estimate of drug-likeness (QED) is 0.576. The first-order valence-electron chi connectivity index (χ1n) is 12.1. The minimum Gasteiger partial charge on any atom is -0.465 e. The van der Waals surface area contributed by atoms with Crippen LogP contribution in [-0.2, 0) is 16.6 Å². The summed E-state index contributed by atoms with van der Waals surface area (Å²) in [6.07, 6.45) is 7.16. The van der Waals surface area contributed by atoms with Crippen molar-refractivity contribution in [2.75, 3.05) is 32.7 Å². The standard InChI is InChI=1S/C27H30N4O4/c1-29-22-7-3-2-5-20(22)17-23(29)26(34)30-13-10-27(11-14-30)12-15-31(19-27)25(33)18-28-24(32)9-8-21-6-4-16-35-21/h2-9,16-17H,10-15,18-19H2,1H3,(H,28,32). The van der Waals surface area contributed by atoms with Gasteiger partial charge in [0.25, 0.3) is 5.91 Å². The fourth-order valence-electron chi connectivity index (χ4n) is 5.27. The molecule has 182 valence electrons. The maximum absolute atomic E-state index is 13.2. The fraction of sp³-hybridized carbons (Fsp3) is 0.370. The Hall–Kier alpha value is -3.81. The van der Waals surface area contributed by atoms with Crippen molar-refractivity contribution in [2.45, 2.75) is 19.3 Å². The highest BCUT2D eigenvalue weighted by Gasteiger charge is 2.42. The van der Waals surface area contributed by atoms with E-state index in [0.29, 0.717) is 37.6 Å². The topological polar surface area (TPSA) is 87.8 Å². The first-order valence-corrected chi connectivity index (χ1v) is 12.1. The van der Waals surface area contributed by atoms with Crippen molar-refractivity contribution in [2.24, 2.45) is 12.5 Å². The van der Waals surface area contributed by atoms with E-state index in [1.165, 1.54) is 12.3 Å². The van der Waals surface area contributed by atoms with Crippen molar-refractivity contribution in [1.29, 1.82) is 0 Å². The molecule has 0 radical (unpaired) electrons. The minimum atomic E-state index is -0.330. The molecule has 0 unspecified atom stereocenters. The zero-order valence-corrected chi connectivity index (χ0v) is 19.9. The number of aromatic nitrogens is 1. The third kappa shape index (κ3) is 4.73. The monoisotopic (exact) mass is 474 g/mol. The first-order chi connectivity index (χ1) is 16.9. The second-order valence-corrected chi connectivity index (χ2v) is 9.57. The molecule has 2 saturated heterocycles. The highest BCUT2D eigenvalue weighted by Crippen LogP contribution is 2.40. The van der Waals surface area contributed by atoms with Gasteiger partial charge in [-0.2, -0.15) is 0 Å². The average Bonchev–Trinajstić information content (AvgIpc) is 3.62. The van der Waals surface area contributed by atoms with Gasteiger partial charge in [0, 0.05) is 50.2 Å². The van der Waals surface area contributed by atoms with Crippen LogP contribution in [0.3, 0.4) is 0 Å². The Labute approximate surface area is 204 Å². The lowest BCUT2D eigenvalue weighted by Crippen LogP contribution is -2.45. The van der Waals surface area contributed by atoms with E-state index >= 15 is 0 Å². The van der Waals surface area contributed by atoms with Crippen LogP contribution >= 0.6 is 0 Å². The van der Waals surface area contributed by atoms with Crippen LogP contribution in [0.15, 0.2) is 59.2 Å². The number of para-hydroxylation sites is 1. The van der Waals surface area contributed by atoms with E-state index in [2.05, 4.69) is 5.32 Å². The van der Waals surface area contributed by atoms with E-state index in [4.69, 9.17) is 4.42 Å². The summed E-state index contributed by atoms with van der Waals surface area (Å²) in [5.74, 6) is 0.243. The van der Waals surface area contributed by atoms with E-state index in [-0.39, 0.29) is 29.7 Å². The molecule has 0 atom stereocenters. The van der Waals surface area contributed by atoms with E-state index < -0.39 is 0 Å². The van der Waals surface area contributed by atoms with E-state index in [1.54, 1.807) is 18.2 Å². The van der Waals surface area contributed by atoms with Crippen molar-refractivity contribution < 1.29 is 18.8 Å². The maximum atomic E-state index is 13.2. The zero-order valence-electron chi connectivity index (χ0n) is 19.9. The number of aryl methyl sites for hydroxylation is 1. The molecule has 8 nitrogen and oxygen atoms in total. The number of benzene rings is 1. The van der Waals surface area contributed by atoms with Gasteiger partial charge in [-0.1, -0.05) is 18.2 Å². The maximum Gasteiger partial charge on any atom is 0.270 e. The molecule has 0 bridgehead atoms. The Morgan fingerprint density at radius 2 is 1.77 bits per heavy atom. The Morgan fingerprint density at radius 3 is 2.49 bits per heavy atom. The number of nitrogens with zero attached hydrogens (tertiary/aromatic N) is 3. The minimum absolute atomic E-state index is 0.0247. The lowest BCUT2D eigenvalue weighted by atomic mass is 9.77. The third-order valence-corrected chi connectivity index (χ3v) is 7.43. The molecule has 3 aromatic rings. The molecular weight excluding hydrogens is 444 g/mol. The smallest absolute Gasteiger partial charge is 0.270 e. The van der Waals surface area contributed by atoms with E-state index in [0.717, 1.165) is 30.2 Å². The van der Waals surface area contributed by atoms with Crippen molar-refractivity contribution in [1.82, 2.24) is 19.7 Å². The zero-order chi connectivity index (χ0) is 24.4. The second-order valence-electron chi connectivity index (χ2n) is 9.57. The number of nitrogens with one attached hydrogen (secondary N) is 1. The Morgan fingerprint density at radius 1 is 1.03 bits per heavy atom. The number of fused-ring (bicyclic) bond motifs is 1. The Balaban J connectivity index is 1.12. The number of amides is 3. The SMILES string of the molecule is Cn1c(C(=O)N2CCC3(CCN(C(=O)CNC(=O)C=Cc4ccco4)C3)CC2)cc2ccccc21. The van der Waals surface area contributed by atoms with Crippen LogP contribution in [0.25, 0.3) is 17.0 Å². The number of hydrogen-bond acceptors (Lipinski definition) is 4. The number of carbonyl (C=O) groups excluding carboxylic acids is 3.